The molecule has 2 aromatic rings. The third-order valence-electron chi connectivity index (χ3n) is 1.74. The lowest BCUT2D eigenvalue weighted by Gasteiger charge is -1.99. The van der Waals surface area contributed by atoms with Crippen LogP contribution in [0, 0.1) is 0 Å². The monoisotopic (exact) mass is 194 g/mol. The van der Waals surface area contributed by atoms with Crippen LogP contribution in [0.25, 0.3) is 10.8 Å². The molecule has 0 saturated heterocycles. The Morgan fingerprint density at radius 3 is 2.77 bits per heavy atom. The van der Waals surface area contributed by atoms with Crippen molar-refractivity contribution in [2.45, 2.75) is 4.90 Å². The molecule has 0 aliphatic heterocycles. The van der Waals surface area contributed by atoms with Gasteiger partial charge in [-0.15, -0.1) is 0 Å². The normalized spacial score (nSPS) is 13.0. The van der Waals surface area contributed by atoms with E-state index in [1.54, 1.807) is 18.3 Å². The lowest BCUT2D eigenvalue weighted by atomic mass is 10.2. The molecule has 66 valence electrons. The topological polar surface area (TPSA) is 63.1 Å². The average Bonchev–Trinajstić information content (AvgIpc) is 2.17. The highest BCUT2D eigenvalue weighted by molar-refractivity contribution is 7.79. The predicted octanol–water partition coefficient (Wildman–Crippen LogP) is 1.21. The Kier molecular flexibility index (Phi) is 2.03. The maximum Gasteiger partial charge on any atom is 0.187 e. The molecule has 1 unspecified atom stereocenters. The Hall–Kier alpha value is -1.33. The van der Waals surface area contributed by atoms with Crippen LogP contribution in [0.4, 0.5) is 0 Å². The summed E-state index contributed by atoms with van der Waals surface area (Å²) in [7, 11) is 0. The van der Waals surface area contributed by atoms with Crippen molar-refractivity contribution in [1.29, 1.82) is 0 Å². The number of aromatic nitrogens is 2. The molecule has 0 aliphatic rings. The van der Waals surface area contributed by atoms with Crippen molar-refractivity contribution in [3.8, 4) is 0 Å². The van der Waals surface area contributed by atoms with Gasteiger partial charge in [-0.05, 0) is 6.07 Å². The molecule has 0 radical (unpaired) electrons. The van der Waals surface area contributed by atoms with Gasteiger partial charge in [0, 0.05) is 10.8 Å². The molecule has 4 nitrogen and oxygen atoms in total. The first-order chi connectivity index (χ1) is 6.29. The Morgan fingerprint density at radius 2 is 2.00 bits per heavy atom. The fourth-order valence-electron chi connectivity index (χ4n) is 1.15. The molecule has 2 rings (SSSR count). The minimum atomic E-state index is -1.97. The Morgan fingerprint density at radius 1 is 1.23 bits per heavy atom. The van der Waals surface area contributed by atoms with E-state index in [1.807, 2.05) is 6.07 Å². The third-order valence-corrected chi connectivity index (χ3v) is 2.47. The summed E-state index contributed by atoms with van der Waals surface area (Å²) in [5.41, 5.74) is 0. The number of rotatable bonds is 1. The molecule has 1 N–H and O–H groups in total. The lowest BCUT2D eigenvalue weighted by Crippen LogP contribution is -1.91. The molecule has 1 aromatic heterocycles. The van der Waals surface area contributed by atoms with Gasteiger partial charge in [-0.1, -0.05) is 12.1 Å². The van der Waals surface area contributed by atoms with E-state index in [0.29, 0.717) is 10.3 Å². The van der Waals surface area contributed by atoms with Crippen LogP contribution in [0.2, 0.25) is 0 Å². The van der Waals surface area contributed by atoms with E-state index in [1.165, 1.54) is 6.20 Å². The van der Waals surface area contributed by atoms with Gasteiger partial charge in [0.2, 0.25) is 0 Å². The first-order valence-electron chi connectivity index (χ1n) is 3.59. The van der Waals surface area contributed by atoms with Gasteiger partial charge in [0.15, 0.2) is 11.1 Å². The molecule has 13 heavy (non-hydrogen) atoms. The van der Waals surface area contributed by atoms with Gasteiger partial charge in [-0.2, -0.15) is 10.2 Å². The van der Waals surface area contributed by atoms with Crippen LogP contribution < -0.4 is 0 Å². The Bertz CT molecular complexity index is 467. The van der Waals surface area contributed by atoms with E-state index in [-0.39, 0.29) is 0 Å². The van der Waals surface area contributed by atoms with Crippen molar-refractivity contribution in [2.75, 3.05) is 0 Å². The zero-order valence-electron chi connectivity index (χ0n) is 6.54. The van der Waals surface area contributed by atoms with E-state index in [0.717, 1.165) is 5.39 Å². The van der Waals surface area contributed by atoms with Gasteiger partial charge in [-0.25, -0.2) is 4.21 Å². The fourth-order valence-corrected chi connectivity index (χ4v) is 1.70. The second-order valence-corrected chi connectivity index (χ2v) is 3.44. The number of benzene rings is 1. The highest BCUT2D eigenvalue weighted by Gasteiger charge is 2.04. The number of hydrogen-bond acceptors (Lipinski definition) is 3. The molecule has 0 aliphatic carbocycles. The van der Waals surface area contributed by atoms with E-state index >= 15 is 0 Å². The van der Waals surface area contributed by atoms with Gasteiger partial charge < -0.3 is 4.55 Å². The van der Waals surface area contributed by atoms with Crippen LogP contribution in [0.15, 0.2) is 35.5 Å². The molecule has 0 fully saturated rings. The first kappa shape index (κ1) is 8.28. The predicted molar refractivity (Wildman–Crippen MR) is 48.6 cm³/mol. The van der Waals surface area contributed by atoms with E-state index in [4.69, 9.17) is 4.55 Å². The second kappa shape index (κ2) is 3.20. The maximum absolute atomic E-state index is 10.9. The molecule has 0 bridgehead atoms. The summed E-state index contributed by atoms with van der Waals surface area (Å²) in [5, 5.41) is 8.82. The number of hydrogen-bond donors (Lipinski definition) is 1. The summed E-state index contributed by atoms with van der Waals surface area (Å²) in [6.45, 7) is 0. The molecule has 0 saturated carbocycles. The summed E-state index contributed by atoms with van der Waals surface area (Å²) >= 11 is -1.97. The van der Waals surface area contributed by atoms with Crippen LogP contribution in [0.5, 0.6) is 0 Å². The highest BCUT2D eigenvalue weighted by Crippen LogP contribution is 2.18. The zero-order chi connectivity index (χ0) is 9.26. The van der Waals surface area contributed by atoms with Crippen molar-refractivity contribution in [1.82, 2.24) is 10.2 Å². The van der Waals surface area contributed by atoms with E-state index < -0.39 is 11.1 Å². The van der Waals surface area contributed by atoms with Gasteiger partial charge >= 0.3 is 0 Å². The van der Waals surface area contributed by atoms with Crippen LogP contribution in [-0.4, -0.2) is 19.0 Å². The SMILES string of the molecule is O=S(O)c1cccc2cnncc12. The van der Waals surface area contributed by atoms with Gasteiger partial charge in [0.25, 0.3) is 0 Å². The maximum atomic E-state index is 10.9. The van der Waals surface area contributed by atoms with Crippen LogP contribution in [-0.2, 0) is 11.1 Å². The standard InChI is InChI=1S/C8H6N2O2S/c11-13(12)8-3-1-2-6-4-9-10-5-7(6)8/h1-5H,(H,11,12). The van der Waals surface area contributed by atoms with Crippen LogP contribution >= 0.6 is 0 Å². The highest BCUT2D eigenvalue weighted by atomic mass is 32.2. The summed E-state index contributed by atoms with van der Waals surface area (Å²) in [6.07, 6.45) is 3.05. The molecule has 1 atom stereocenters. The summed E-state index contributed by atoms with van der Waals surface area (Å²) in [4.78, 5) is 0.368. The molecule has 0 spiro atoms. The minimum absolute atomic E-state index is 0.368. The Labute approximate surface area is 76.9 Å². The molecule has 1 aromatic carbocycles. The van der Waals surface area contributed by atoms with E-state index in [9.17, 15) is 4.21 Å². The average molecular weight is 194 g/mol. The smallest absolute Gasteiger partial charge is 0.187 e. The Balaban J connectivity index is 2.83. The van der Waals surface area contributed by atoms with Crippen molar-refractivity contribution in [3.05, 3.63) is 30.6 Å². The van der Waals surface area contributed by atoms with E-state index in [2.05, 4.69) is 10.2 Å². The second-order valence-electron chi connectivity index (χ2n) is 2.50. The third kappa shape index (κ3) is 1.43. The zero-order valence-corrected chi connectivity index (χ0v) is 7.36. The van der Waals surface area contributed by atoms with Crippen molar-refractivity contribution < 1.29 is 8.76 Å². The lowest BCUT2D eigenvalue weighted by molar-refractivity contribution is 0.565. The van der Waals surface area contributed by atoms with Crippen molar-refractivity contribution in [3.63, 3.8) is 0 Å². The van der Waals surface area contributed by atoms with Crippen LogP contribution in [0.3, 0.4) is 0 Å². The molecule has 5 heteroatoms. The molecule has 0 amide bonds. The van der Waals surface area contributed by atoms with Crippen molar-refractivity contribution >= 4 is 21.9 Å². The van der Waals surface area contributed by atoms with Gasteiger partial charge in [-0.3, -0.25) is 0 Å². The first-order valence-corrected chi connectivity index (χ1v) is 4.70. The van der Waals surface area contributed by atoms with Gasteiger partial charge in [0.05, 0.1) is 17.3 Å². The molecular formula is C8H6N2O2S. The number of fused-ring (bicyclic) bond motifs is 1. The molecular weight excluding hydrogens is 188 g/mol. The minimum Gasteiger partial charge on any atom is -0.302 e. The largest absolute Gasteiger partial charge is 0.302 e. The quantitative estimate of drug-likeness (QED) is 0.693. The van der Waals surface area contributed by atoms with Crippen LogP contribution in [0.1, 0.15) is 0 Å². The van der Waals surface area contributed by atoms with Crippen molar-refractivity contribution in [2.24, 2.45) is 0 Å². The fraction of sp³-hybridized carbons (Fsp3) is 0. The number of nitrogens with zero attached hydrogens (tertiary/aromatic N) is 2. The summed E-state index contributed by atoms with van der Waals surface area (Å²) in [6, 6.07) is 5.13. The van der Waals surface area contributed by atoms with Gasteiger partial charge in [0.1, 0.15) is 0 Å². The summed E-state index contributed by atoms with van der Waals surface area (Å²) in [5.74, 6) is 0. The summed E-state index contributed by atoms with van der Waals surface area (Å²) < 4.78 is 19.8. The molecule has 1 heterocycles.